The number of nitrogens with one attached hydrogen (secondary N) is 1. The molecule has 4 aromatic carbocycles. The van der Waals surface area contributed by atoms with Crippen LogP contribution in [0.2, 0.25) is 0 Å². The summed E-state index contributed by atoms with van der Waals surface area (Å²) in [6, 6.07) is 20.8. The van der Waals surface area contributed by atoms with Crippen molar-refractivity contribution in [3.8, 4) is 17.2 Å². The number of aromatic hydroxyl groups is 3. The predicted octanol–water partition coefficient (Wildman–Crippen LogP) is 5.01. The summed E-state index contributed by atoms with van der Waals surface area (Å²) in [5.41, 5.74) is 7.05. The Balaban J connectivity index is 0.809. The normalized spacial score (nSPS) is 16.5. The topological polar surface area (TPSA) is 169 Å². The van der Waals surface area contributed by atoms with E-state index in [2.05, 4.69) is 50.9 Å². The van der Waals surface area contributed by atoms with Gasteiger partial charge in [0.1, 0.15) is 23.1 Å². The number of hydrogen-bond donors (Lipinski definition) is 4. The molecule has 4 aliphatic heterocycles. The Morgan fingerprint density at radius 3 is 2.31 bits per heavy atom. The van der Waals surface area contributed by atoms with Crippen molar-refractivity contribution in [3.05, 3.63) is 118 Å². The molecule has 332 valence electrons. The minimum absolute atomic E-state index is 0.0135. The third-order valence-electron chi connectivity index (χ3n) is 13.1. The molecule has 1 aromatic heterocycles. The highest BCUT2D eigenvalue weighted by molar-refractivity contribution is 5.98. The third kappa shape index (κ3) is 8.72. The minimum atomic E-state index is -0.263. The van der Waals surface area contributed by atoms with E-state index in [1.165, 1.54) is 12.1 Å². The number of aromatic nitrogens is 2. The number of aryl methyl sites for hydroxylation is 1. The fraction of sp³-hybridized carbons (Fsp3) is 0.367. The van der Waals surface area contributed by atoms with Crippen molar-refractivity contribution < 1.29 is 29.7 Å². The van der Waals surface area contributed by atoms with Crippen LogP contribution in [0.1, 0.15) is 57.2 Å². The largest absolute Gasteiger partial charge is 0.508 e. The van der Waals surface area contributed by atoms with Gasteiger partial charge in [-0.05, 0) is 58.7 Å². The molecule has 9 rings (SSSR count). The molecule has 2 fully saturated rings. The number of amides is 3. The van der Waals surface area contributed by atoms with Crippen LogP contribution in [-0.2, 0) is 48.6 Å². The summed E-state index contributed by atoms with van der Waals surface area (Å²) in [6.07, 6.45) is 2.91. The monoisotopic (exact) mass is 865 g/mol. The van der Waals surface area contributed by atoms with Gasteiger partial charge < -0.3 is 45.1 Å². The van der Waals surface area contributed by atoms with E-state index in [0.29, 0.717) is 96.2 Å². The highest BCUT2D eigenvalue weighted by atomic mass is 16.3. The zero-order valence-corrected chi connectivity index (χ0v) is 36.3. The number of anilines is 3. The Morgan fingerprint density at radius 2 is 1.53 bits per heavy atom. The number of hydrogen-bond acceptors (Lipinski definition) is 12. The van der Waals surface area contributed by atoms with Crippen molar-refractivity contribution in [2.45, 2.75) is 52.4 Å². The van der Waals surface area contributed by atoms with E-state index < -0.39 is 0 Å². The quantitative estimate of drug-likeness (QED) is 0.131. The van der Waals surface area contributed by atoms with Crippen LogP contribution in [0.25, 0.3) is 10.8 Å². The van der Waals surface area contributed by atoms with Crippen molar-refractivity contribution in [3.63, 3.8) is 0 Å². The van der Waals surface area contributed by atoms with E-state index in [0.717, 1.165) is 76.4 Å². The molecule has 4 aliphatic rings. The second kappa shape index (κ2) is 18.1. The van der Waals surface area contributed by atoms with Gasteiger partial charge in [-0.2, -0.15) is 4.98 Å². The molecule has 5 aromatic rings. The highest BCUT2D eigenvalue weighted by Gasteiger charge is 2.31. The van der Waals surface area contributed by atoms with E-state index >= 15 is 0 Å². The molecular formula is C49H55N9O6. The molecule has 0 spiro atoms. The molecule has 0 radical (unpaired) electrons. The van der Waals surface area contributed by atoms with Gasteiger partial charge >= 0.3 is 0 Å². The lowest BCUT2D eigenvalue weighted by Crippen LogP contribution is -2.49. The maximum Gasteiger partial charge on any atom is 0.258 e. The van der Waals surface area contributed by atoms with Gasteiger partial charge in [0.2, 0.25) is 17.8 Å². The van der Waals surface area contributed by atoms with E-state index in [9.17, 15) is 29.7 Å². The van der Waals surface area contributed by atoms with Gasteiger partial charge in [-0.25, -0.2) is 4.98 Å². The van der Waals surface area contributed by atoms with Crippen LogP contribution in [0.5, 0.6) is 17.2 Å². The van der Waals surface area contributed by atoms with Gasteiger partial charge in [0.05, 0.1) is 17.8 Å². The molecular weight excluding hydrogens is 811 g/mol. The number of rotatable bonds is 11. The summed E-state index contributed by atoms with van der Waals surface area (Å²) in [4.78, 5) is 61.6. The van der Waals surface area contributed by atoms with Crippen molar-refractivity contribution in [1.29, 1.82) is 0 Å². The van der Waals surface area contributed by atoms with E-state index in [4.69, 9.17) is 9.97 Å². The summed E-state index contributed by atoms with van der Waals surface area (Å²) < 4.78 is 0. The number of phenolic OH excluding ortho intramolecular Hbond substituents is 3. The standard InChI is InChI=1S/C49H55N9O6/c1-3-33-25-40(44(61)27-43(33)60)48(64)58-29-35-10-9-32(23-36(35)30-58)28-53-15-17-55(18-16-53)46(63)11-13-50-49-51-41-31-57(42-26-37(59)24-34-7-5-6-8-38(34)42)14-12-39(41)47(52-49)56-21-19-54(20-22-56)45(62)4-2/h4-10,23-27,59-61H,2-3,11-22,28-31H2,1H3,(H,50,51,52). The average molecular weight is 866 g/mol. The lowest BCUT2D eigenvalue weighted by atomic mass is 10.0. The molecule has 0 aliphatic carbocycles. The summed E-state index contributed by atoms with van der Waals surface area (Å²) in [7, 11) is 0. The fourth-order valence-electron chi connectivity index (χ4n) is 9.55. The maximum atomic E-state index is 13.5. The molecule has 0 saturated carbocycles. The molecule has 3 amide bonds. The van der Waals surface area contributed by atoms with Gasteiger partial charge in [-0.15, -0.1) is 0 Å². The number of nitrogens with zero attached hydrogens (tertiary/aromatic N) is 8. The smallest absolute Gasteiger partial charge is 0.258 e. The zero-order valence-electron chi connectivity index (χ0n) is 36.3. The molecule has 5 heterocycles. The minimum Gasteiger partial charge on any atom is -0.508 e. The predicted molar refractivity (Wildman–Crippen MR) is 246 cm³/mol. The van der Waals surface area contributed by atoms with Crippen molar-refractivity contribution in [2.75, 3.05) is 80.6 Å². The van der Waals surface area contributed by atoms with Gasteiger partial charge in [-0.1, -0.05) is 56.0 Å². The lowest BCUT2D eigenvalue weighted by molar-refractivity contribution is -0.132. The van der Waals surface area contributed by atoms with Crippen LogP contribution in [0, 0.1) is 0 Å². The first-order valence-electron chi connectivity index (χ1n) is 22.3. The Hall–Kier alpha value is -6.87. The van der Waals surface area contributed by atoms with Crippen molar-refractivity contribution in [1.82, 2.24) is 29.6 Å². The first-order valence-corrected chi connectivity index (χ1v) is 22.3. The number of phenols is 3. The number of carbonyl (C=O) groups is 3. The second-order valence-electron chi connectivity index (χ2n) is 17.1. The first kappa shape index (κ1) is 42.4. The Labute approximate surface area is 372 Å². The molecule has 0 atom stereocenters. The van der Waals surface area contributed by atoms with Crippen LogP contribution in [0.15, 0.2) is 79.4 Å². The van der Waals surface area contributed by atoms with Gasteiger partial charge in [0.15, 0.2) is 0 Å². The summed E-state index contributed by atoms with van der Waals surface area (Å²) in [6.45, 7) is 14.0. The highest BCUT2D eigenvalue weighted by Crippen LogP contribution is 2.37. The fourth-order valence-corrected chi connectivity index (χ4v) is 9.55. The number of piperazine rings is 2. The van der Waals surface area contributed by atoms with Crippen molar-refractivity contribution in [2.24, 2.45) is 0 Å². The summed E-state index contributed by atoms with van der Waals surface area (Å²) in [5.74, 6) is 1.04. The molecule has 64 heavy (non-hydrogen) atoms. The Morgan fingerprint density at radius 1 is 0.766 bits per heavy atom. The van der Waals surface area contributed by atoms with E-state index in [-0.39, 0.29) is 40.5 Å². The molecule has 15 heteroatoms. The number of fused-ring (bicyclic) bond motifs is 3. The van der Waals surface area contributed by atoms with Crippen LogP contribution >= 0.6 is 0 Å². The van der Waals surface area contributed by atoms with Crippen LogP contribution < -0.4 is 15.1 Å². The SMILES string of the molecule is C=CC(=O)N1CCN(c2nc(NCCC(=O)N3CCN(Cc4ccc5c(c4)CN(C(=O)c4cc(CC)c(O)cc4O)C5)CC3)nc3c2CCN(c2cc(O)cc4ccccc24)C3)CC1. The van der Waals surface area contributed by atoms with Crippen LogP contribution in [0.4, 0.5) is 17.5 Å². The lowest BCUT2D eigenvalue weighted by Gasteiger charge is -2.38. The van der Waals surface area contributed by atoms with Gasteiger partial charge in [0.25, 0.3) is 5.91 Å². The summed E-state index contributed by atoms with van der Waals surface area (Å²) in [5, 5.41) is 36.6. The Bertz CT molecular complexity index is 2620. The molecule has 4 N–H and O–H groups in total. The van der Waals surface area contributed by atoms with Crippen LogP contribution in [-0.4, -0.2) is 128 Å². The summed E-state index contributed by atoms with van der Waals surface area (Å²) >= 11 is 0. The molecule has 15 nitrogen and oxygen atoms in total. The molecule has 0 bridgehead atoms. The van der Waals surface area contributed by atoms with Gasteiger partial charge in [-0.3, -0.25) is 19.3 Å². The number of carbonyl (C=O) groups excluding carboxylic acids is 3. The molecule has 2 saturated heterocycles. The van der Waals surface area contributed by atoms with Gasteiger partial charge in [0, 0.05) is 120 Å². The third-order valence-corrected chi connectivity index (χ3v) is 13.1. The van der Waals surface area contributed by atoms with E-state index in [1.807, 2.05) is 36.1 Å². The number of benzene rings is 4. The van der Waals surface area contributed by atoms with Crippen LogP contribution in [0.3, 0.4) is 0 Å². The maximum absolute atomic E-state index is 13.5. The second-order valence-corrected chi connectivity index (χ2v) is 17.1. The van der Waals surface area contributed by atoms with E-state index in [1.54, 1.807) is 21.9 Å². The average Bonchev–Trinajstić information content (AvgIpc) is 3.74. The first-order chi connectivity index (χ1) is 31.0. The molecule has 0 unspecified atom stereocenters. The van der Waals surface area contributed by atoms with Crippen molar-refractivity contribution >= 4 is 45.9 Å². The Kier molecular flexibility index (Phi) is 12.0. The zero-order chi connectivity index (χ0) is 44.5.